The van der Waals surface area contributed by atoms with Crippen LogP contribution >= 0.6 is 0 Å². The highest BCUT2D eigenvalue weighted by molar-refractivity contribution is 6.10. The second kappa shape index (κ2) is 16.7. The largest absolute Gasteiger partial charge is 0.333 e. The van der Waals surface area contributed by atoms with Gasteiger partial charge in [0.15, 0.2) is 0 Å². The highest BCUT2D eigenvalue weighted by Gasteiger charge is 2.38. The van der Waals surface area contributed by atoms with Gasteiger partial charge < -0.3 is 19.3 Å². The number of halogens is 4. The normalized spacial score (nSPS) is 14.9. The second-order valence-corrected chi connectivity index (χ2v) is 17.1. The average molecular weight is 893 g/mol. The first-order chi connectivity index (χ1) is 33.3. The fraction of sp³-hybridized carbons (Fsp3) is 0.0333. The molecule has 0 N–H and O–H groups in total. The number of benzene rings is 9. The first-order valence-corrected chi connectivity index (χ1v) is 22.5. The molecule has 0 radical (unpaired) electrons. The molecule has 0 saturated heterocycles. The molecule has 2 atom stereocenters. The van der Waals surface area contributed by atoms with Crippen molar-refractivity contribution >= 4 is 67.3 Å². The van der Waals surface area contributed by atoms with E-state index < -0.39 is 0 Å². The summed E-state index contributed by atoms with van der Waals surface area (Å²) in [6, 6.07) is 63.9. The number of nitrogens with zero attached hydrogens (tertiary/aromatic N) is 4. The maximum Gasteiger partial charge on any atom is 0.123 e. The summed E-state index contributed by atoms with van der Waals surface area (Å²) < 4.78 is 58.9. The summed E-state index contributed by atoms with van der Waals surface area (Å²) >= 11 is 0. The minimum atomic E-state index is -0.319. The summed E-state index contributed by atoms with van der Waals surface area (Å²) in [5, 5.41) is 2.08. The Kier molecular flexibility index (Phi) is 10.0. The van der Waals surface area contributed by atoms with Crippen molar-refractivity contribution in [2.24, 2.45) is 0 Å². The Bertz CT molecular complexity index is 3550. The molecule has 1 aliphatic heterocycles. The summed E-state index contributed by atoms with van der Waals surface area (Å²) in [7, 11) is 0. The van der Waals surface area contributed by atoms with Gasteiger partial charge in [-0.1, -0.05) is 66.8 Å². The summed E-state index contributed by atoms with van der Waals surface area (Å²) in [6.45, 7) is 0. The molecule has 1 aromatic heterocycles. The zero-order valence-corrected chi connectivity index (χ0v) is 36.4. The van der Waals surface area contributed by atoms with E-state index in [0.29, 0.717) is 0 Å². The van der Waals surface area contributed by atoms with Crippen LogP contribution in [0.15, 0.2) is 231 Å². The van der Waals surface area contributed by atoms with Crippen molar-refractivity contribution in [2.75, 3.05) is 14.7 Å². The van der Waals surface area contributed by atoms with Crippen molar-refractivity contribution in [3.05, 3.63) is 259 Å². The summed E-state index contributed by atoms with van der Waals surface area (Å²) in [5.41, 5.74) is 13.2. The van der Waals surface area contributed by atoms with Crippen molar-refractivity contribution in [1.29, 1.82) is 0 Å². The molecule has 328 valence electrons. The molecule has 0 bridgehead atoms. The fourth-order valence-corrected chi connectivity index (χ4v) is 10.0. The van der Waals surface area contributed by atoms with Crippen LogP contribution in [0.4, 0.5) is 63.1 Å². The van der Waals surface area contributed by atoms with E-state index >= 15 is 0 Å². The number of rotatable bonds is 9. The van der Waals surface area contributed by atoms with Gasteiger partial charge in [0, 0.05) is 67.9 Å². The van der Waals surface area contributed by atoms with E-state index in [1.54, 1.807) is 36.4 Å². The number of hydrogen-bond acceptors (Lipinski definition) is 3. The van der Waals surface area contributed by atoms with Gasteiger partial charge in [-0.2, -0.15) is 0 Å². The lowest BCUT2D eigenvalue weighted by atomic mass is 9.91. The average Bonchev–Trinajstić information content (AvgIpc) is 3.89. The zero-order chi connectivity index (χ0) is 45.9. The van der Waals surface area contributed by atoms with Gasteiger partial charge >= 0.3 is 0 Å². The molecule has 2 unspecified atom stereocenters. The Morgan fingerprint density at radius 3 is 1.38 bits per heavy atom. The number of allylic oxidation sites excluding steroid dienone is 2. The SMILES string of the molecule is Fc1ccc(N(c2ccc(-c3ccc(N(c4ccc(F)cc4)c4ccc5c(c4)c4ccccc4n5-c4ccc(F)cc4)cc3)cc2)c2ccc3c(c2)C2C=CC=CC2N3c2ccc(F)cc2)cc1. The van der Waals surface area contributed by atoms with E-state index in [9.17, 15) is 17.6 Å². The fourth-order valence-electron chi connectivity index (χ4n) is 10.0. The van der Waals surface area contributed by atoms with Gasteiger partial charge in [0.1, 0.15) is 23.3 Å². The smallest absolute Gasteiger partial charge is 0.123 e. The van der Waals surface area contributed by atoms with Crippen LogP contribution in [0.1, 0.15) is 11.5 Å². The second-order valence-electron chi connectivity index (χ2n) is 17.1. The van der Waals surface area contributed by atoms with E-state index in [4.69, 9.17) is 0 Å². The molecule has 0 spiro atoms. The lowest BCUT2D eigenvalue weighted by Crippen LogP contribution is -2.28. The lowest BCUT2D eigenvalue weighted by Gasteiger charge is -2.28. The van der Waals surface area contributed by atoms with Gasteiger partial charge in [-0.05, 0) is 180 Å². The first-order valence-electron chi connectivity index (χ1n) is 22.5. The molecule has 12 rings (SSSR count). The van der Waals surface area contributed by atoms with E-state index in [2.05, 4.69) is 141 Å². The molecular formula is C60H40F4N4. The van der Waals surface area contributed by atoms with Crippen molar-refractivity contribution in [1.82, 2.24) is 4.57 Å². The number of aromatic nitrogens is 1. The van der Waals surface area contributed by atoms with E-state index in [-0.39, 0.29) is 35.2 Å². The lowest BCUT2D eigenvalue weighted by molar-refractivity contribution is 0.627. The van der Waals surface area contributed by atoms with Gasteiger partial charge in [0.25, 0.3) is 0 Å². The topological polar surface area (TPSA) is 14.7 Å². The molecule has 1 aliphatic carbocycles. The highest BCUT2D eigenvalue weighted by Crippen LogP contribution is 2.50. The molecule has 0 saturated carbocycles. The van der Waals surface area contributed by atoms with Crippen molar-refractivity contribution in [2.45, 2.75) is 12.0 Å². The molecule has 9 aromatic carbocycles. The molecule has 2 heterocycles. The number of anilines is 8. The molecular weight excluding hydrogens is 853 g/mol. The third-order valence-corrected chi connectivity index (χ3v) is 13.1. The summed E-state index contributed by atoms with van der Waals surface area (Å²) in [5.74, 6) is -1.12. The third-order valence-electron chi connectivity index (χ3n) is 13.1. The number of fused-ring (bicyclic) bond motifs is 6. The molecule has 2 aliphatic rings. The maximum absolute atomic E-state index is 14.4. The van der Waals surface area contributed by atoms with Crippen molar-refractivity contribution < 1.29 is 17.6 Å². The zero-order valence-electron chi connectivity index (χ0n) is 36.4. The Labute approximate surface area is 390 Å². The molecule has 10 aromatic rings. The third kappa shape index (κ3) is 7.18. The number of para-hydroxylation sites is 1. The van der Waals surface area contributed by atoms with Gasteiger partial charge in [-0.15, -0.1) is 0 Å². The monoisotopic (exact) mass is 892 g/mol. The van der Waals surface area contributed by atoms with Crippen LogP contribution in [0.2, 0.25) is 0 Å². The molecule has 68 heavy (non-hydrogen) atoms. The van der Waals surface area contributed by atoms with Crippen LogP contribution in [0.5, 0.6) is 0 Å². The quantitative estimate of drug-likeness (QED) is 0.134. The van der Waals surface area contributed by atoms with Crippen LogP contribution in [0, 0.1) is 23.3 Å². The van der Waals surface area contributed by atoms with E-state index in [1.807, 2.05) is 24.3 Å². The summed E-state index contributed by atoms with van der Waals surface area (Å²) in [6.07, 6.45) is 8.54. The van der Waals surface area contributed by atoms with Gasteiger partial charge in [-0.25, -0.2) is 17.6 Å². The van der Waals surface area contributed by atoms with Crippen LogP contribution in [-0.2, 0) is 0 Å². The Morgan fingerprint density at radius 2 is 0.809 bits per heavy atom. The minimum Gasteiger partial charge on any atom is -0.333 e. The molecule has 8 heteroatoms. The molecule has 0 amide bonds. The Morgan fingerprint density at radius 1 is 0.368 bits per heavy atom. The Balaban J connectivity index is 0.890. The van der Waals surface area contributed by atoms with Crippen LogP contribution in [0.25, 0.3) is 38.6 Å². The van der Waals surface area contributed by atoms with E-state index in [0.717, 1.165) is 89.7 Å². The van der Waals surface area contributed by atoms with Crippen LogP contribution < -0.4 is 14.7 Å². The Hall–Kier alpha value is -8.62. The van der Waals surface area contributed by atoms with Crippen molar-refractivity contribution in [3.63, 3.8) is 0 Å². The van der Waals surface area contributed by atoms with Crippen molar-refractivity contribution in [3.8, 4) is 16.8 Å². The van der Waals surface area contributed by atoms with E-state index in [1.165, 1.54) is 48.5 Å². The molecule has 4 nitrogen and oxygen atoms in total. The maximum atomic E-state index is 14.4. The molecule has 0 fully saturated rings. The standard InChI is InChI=1S/C60H40F4N4/c61-41-13-25-47(26-14-41)65(51-33-35-59-55(37-51)53-5-1-3-7-57(53)67(59)49-29-17-43(63)18-30-49)45-21-9-39(10-22-45)40-11-23-46(24-12-40)66(48-27-15-42(62)16-28-48)52-34-36-60-56(38-52)54-6-2-4-8-58(54)68(60)50-31-19-44(64)20-32-50/h1-38,53,57H. The van der Waals surface area contributed by atoms with Gasteiger partial charge in [0.05, 0.1) is 17.1 Å². The summed E-state index contributed by atoms with van der Waals surface area (Å²) in [4.78, 5) is 6.52. The highest BCUT2D eigenvalue weighted by atomic mass is 19.1. The number of hydrogen-bond donors (Lipinski definition) is 0. The van der Waals surface area contributed by atoms with Crippen LogP contribution in [0.3, 0.4) is 0 Å². The predicted molar refractivity (Wildman–Crippen MR) is 269 cm³/mol. The van der Waals surface area contributed by atoms with Gasteiger partial charge in [0.2, 0.25) is 0 Å². The van der Waals surface area contributed by atoms with Crippen LogP contribution in [-0.4, -0.2) is 10.6 Å². The van der Waals surface area contributed by atoms with Gasteiger partial charge in [-0.3, -0.25) is 0 Å². The predicted octanol–water partition coefficient (Wildman–Crippen LogP) is 16.7. The first kappa shape index (κ1) is 40.9. The minimum absolute atomic E-state index is 0.0364.